The van der Waals surface area contributed by atoms with Crippen LogP contribution in [0.25, 0.3) is 10.9 Å². The van der Waals surface area contributed by atoms with Crippen LogP contribution >= 0.6 is 0 Å². The van der Waals surface area contributed by atoms with Crippen LogP contribution in [0, 0.1) is 0 Å². The summed E-state index contributed by atoms with van der Waals surface area (Å²) in [6.45, 7) is 3.99. The SMILES string of the molecule is CCn1nc(CC(NC(C)=O)C(=O)O)c2ccccc21. The number of nitrogens with one attached hydrogen (secondary N) is 1. The molecule has 0 bridgehead atoms. The summed E-state index contributed by atoms with van der Waals surface area (Å²) in [5.74, 6) is -1.42. The zero-order valence-corrected chi connectivity index (χ0v) is 11.5. The zero-order valence-electron chi connectivity index (χ0n) is 11.5. The molecule has 20 heavy (non-hydrogen) atoms. The predicted octanol–water partition coefficient (Wildman–Crippen LogP) is 1.19. The van der Waals surface area contributed by atoms with Crippen molar-refractivity contribution in [2.75, 3.05) is 0 Å². The maximum atomic E-state index is 11.2. The highest BCUT2D eigenvalue weighted by atomic mass is 16.4. The number of para-hydroxylation sites is 1. The molecule has 0 radical (unpaired) electrons. The first kappa shape index (κ1) is 14.0. The van der Waals surface area contributed by atoms with Crippen molar-refractivity contribution in [2.45, 2.75) is 32.9 Å². The third-order valence-electron chi connectivity index (χ3n) is 3.11. The summed E-state index contributed by atoms with van der Waals surface area (Å²) in [5, 5.41) is 17.0. The molecular weight excluding hydrogens is 258 g/mol. The molecule has 6 nitrogen and oxygen atoms in total. The van der Waals surface area contributed by atoms with Crippen LogP contribution in [0.15, 0.2) is 24.3 Å². The summed E-state index contributed by atoms with van der Waals surface area (Å²) in [6, 6.07) is 6.71. The largest absolute Gasteiger partial charge is 0.480 e. The van der Waals surface area contributed by atoms with Crippen molar-refractivity contribution in [3.05, 3.63) is 30.0 Å². The molecule has 1 atom stereocenters. The van der Waals surface area contributed by atoms with Gasteiger partial charge in [-0.3, -0.25) is 9.48 Å². The van der Waals surface area contributed by atoms with Gasteiger partial charge in [-0.25, -0.2) is 4.79 Å². The molecule has 1 heterocycles. The Bertz CT molecular complexity index is 648. The lowest BCUT2D eigenvalue weighted by Gasteiger charge is -2.11. The zero-order chi connectivity index (χ0) is 14.7. The number of hydrogen-bond acceptors (Lipinski definition) is 3. The molecule has 1 unspecified atom stereocenters. The van der Waals surface area contributed by atoms with Gasteiger partial charge in [-0.15, -0.1) is 0 Å². The molecule has 0 spiro atoms. The molecule has 1 aromatic carbocycles. The Morgan fingerprint density at radius 1 is 1.40 bits per heavy atom. The predicted molar refractivity (Wildman–Crippen MR) is 74.4 cm³/mol. The molecule has 0 aliphatic heterocycles. The summed E-state index contributed by atoms with van der Waals surface area (Å²) in [4.78, 5) is 22.3. The van der Waals surface area contributed by atoms with Gasteiger partial charge in [0.15, 0.2) is 0 Å². The van der Waals surface area contributed by atoms with Crippen LogP contribution in [-0.4, -0.2) is 32.8 Å². The van der Waals surface area contributed by atoms with E-state index in [0.29, 0.717) is 12.2 Å². The summed E-state index contributed by atoms with van der Waals surface area (Å²) in [7, 11) is 0. The topological polar surface area (TPSA) is 84.2 Å². The number of benzene rings is 1. The number of hydrogen-bond donors (Lipinski definition) is 2. The van der Waals surface area contributed by atoms with Crippen molar-refractivity contribution < 1.29 is 14.7 Å². The van der Waals surface area contributed by atoms with Crippen LogP contribution in [0.5, 0.6) is 0 Å². The molecule has 106 valence electrons. The molecule has 2 rings (SSSR count). The van der Waals surface area contributed by atoms with Crippen molar-refractivity contribution in [1.29, 1.82) is 0 Å². The molecular formula is C14H17N3O3. The van der Waals surface area contributed by atoms with E-state index in [9.17, 15) is 14.7 Å². The second kappa shape index (κ2) is 5.73. The van der Waals surface area contributed by atoms with E-state index < -0.39 is 12.0 Å². The van der Waals surface area contributed by atoms with E-state index in [0.717, 1.165) is 10.9 Å². The molecule has 1 amide bonds. The lowest BCUT2D eigenvalue weighted by molar-refractivity contribution is -0.141. The first-order chi connectivity index (χ1) is 9.52. The molecule has 0 saturated carbocycles. The third-order valence-corrected chi connectivity index (χ3v) is 3.11. The van der Waals surface area contributed by atoms with Gasteiger partial charge in [0, 0.05) is 25.3 Å². The van der Waals surface area contributed by atoms with Crippen molar-refractivity contribution >= 4 is 22.8 Å². The minimum absolute atomic E-state index is 0.169. The monoisotopic (exact) mass is 275 g/mol. The average Bonchev–Trinajstić information content (AvgIpc) is 2.76. The third kappa shape index (κ3) is 2.79. The number of rotatable bonds is 5. The normalized spacial score (nSPS) is 12.3. The standard InChI is InChI=1S/C14H17N3O3/c1-3-17-13-7-5-4-6-10(13)11(16-17)8-12(14(19)20)15-9(2)18/h4-7,12H,3,8H2,1-2H3,(H,15,18)(H,19,20). The second-order valence-electron chi connectivity index (χ2n) is 4.58. The Morgan fingerprint density at radius 2 is 2.10 bits per heavy atom. The number of aromatic nitrogens is 2. The number of aryl methyl sites for hydroxylation is 1. The summed E-state index contributed by atoms with van der Waals surface area (Å²) in [5.41, 5.74) is 1.65. The molecule has 1 aromatic heterocycles. The van der Waals surface area contributed by atoms with E-state index in [1.54, 1.807) is 0 Å². The van der Waals surface area contributed by atoms with Crippen LogP contribution in [0.3, 0.4) is 0 Å². The fraction of sp³-hybridized carbons (Fsp3) is 0.357. The van der Waals surface area contributed by atoms with Crippen molar-refractivity contribution in [1.82, 2.24) is 15.1 Å². The fourth-order valence-electron chi connectivity index (χ4n) is 2.23. The number of carbonyl (C=O) groups is 2. The van der Waals surface area contributed by atoms with Gasteiger partial charge in [-0.1, -0.05) is 18.2 Å². The van der Waals surface area contributed by atoms with Gasteiger partial charge in [0.05, 0.1) is 11.2 Å². The van der Waals surface area contributed by atoms with Crippen LogP contribution in [0.2, 0.25) is 0 Å². The van der Waals surface area contributed by atoms with Gasteiger partial charge in [-0.2, -0.15) is 5.10 Å². The molecule has 0 fully saturated rings. The summed E-state index contributed by atoms with van der Waals surface area (Å²) in [6.07, 6.45) is 0.169. The van der Waals surface area contributed by atoms with Gasteiger partial charge in [0.25, 0.3) is 0 Å². The molecule has 0 aliphatic rings. The number of fused-ring (bicyclic) bond motifs is 1. The van der Waals surface area contributed by atoms with Crippen LogP contribution in [0.1, 0.15) is 19.5 Å². The number of amides is 1. The van der Waals surface area contributed by atoms with Gasteiger partial charge >= 0.3 is 5.97 Å². The highest BCUT2D eigenvalue weighted by Crippen LogP contribution is 2.19. The second-order valence-corrected chi connectivity index (χ2v) is 4.58. The van der Waals surface area contributed by atoms with Crippen LogP contribution in [-0.2, 0) is 22.6 Å². The van der Waals surface area contributed by atoms with Crippen LogP contribution < -0.4 is 5.32 Å². The first-order valence-electron chi connectivity index (χ1n) is 6.47. The van der Waals surface area contributed by atoms with E-state index in [4.69, 9.17) is 0 Å². The number of nitrogens with zero attached hydrogens (tertiary/aromatic N) is 2. The van der Waals surface area contributed by atoms with Crippen molar-refractivity contribution in [3.8, 4) is 0 Å². The maximum absolute atomic E-state index is 11.2. The van der Waals surface area contributed by atoms with Gasteiger partial charge in [0.2, 0.25) is 5.91 Å². The highest BCUT2D eigenvalue weighted by Gasteiger charge is 2.22. The Kier molecular flexibility index (Phi) is 4.02. The van der Waals surface area contributed by atoms with Gasteiger partial charge < -0.3 is 10.4 Å². The minimum atomic E-state index is -1.06. The van der Waals surface area contributed by atoms with E-state index in [1.165, 1.54) is 6.92 Å². The Morgan fingerprint density at radius 3 is 2.70 bits per heavy atom. The number of carboxylic acids is 1. The van der Waals surface area contributed by atoms with Gasteiger partial charge in [0.1, 0.15) is 6.04 Å². The van der Waals surface area contributed by atoms with E-state index >= 15 is 0 Å². The smallest absolute Gasteiger partial charge is 0.326 e. The van der Waals surface area contributed by atoms with E-state index in [2.05, 4.69) is 10.4 Å². The first-order valence-corrected chi connectivity index (χ1v) is 6.47. The van der Waals surface area contributed by atoms with E-state index in [-0.39, 0.29) is 12.3 Å². The minimum Gasteiger partial charge on any atom is -0.480 e. The Labute approximate surface area is 116 Å². The maximum Gasteiger partial charge on any atom is 0.326 e. The molecule has 2 aromatic rings. The lowest BCUT2D eigenvalue weighted by Crippen LogP contribution is -2.41. The van der Waals surface area contributed by atoms with Gasteiger partial charge in [-0.05, 0) is 13.0 Å². The molecule has 0 aliphatic carbocycles. The lowest BCUT2D eigenvalue weighted by atomic mass is 10.1. The fourth-order valence-corrected chi connectivity index (χ4v) is 2.23. The highest BCUT2D eigenvalue weighted by molar-refractivity contribution is 5.85. The van der Waals surface area contributed by atoms with E-state index in [1.807, 2.05) is 35.9 Å². The van der Waals surface area contributed by atoms with Crippen molar-refractivity contribution in [2.24, 2.45) is 0 Å². The summed E-state index contributed by atoms with van der Waals surface area (Å²) >= 11 is 0. The molecule has 6 heteroatoms. The number of carbonyl (C=O) groups excluding carboxylic acids is 1. The Hall–Kier alpha value is -2.37. The average molecular weight is 275 g/mol. The Balaban J connectivity index is 2.37. The summed E-state index contributed by atoms with van der Waals surface area (Å²) < 4.78 is 1.83. The molecule has 2 N–H and O–H groups in total. The molecule has 0 saturated heterocycles. The number of aliphatic carboxylic acids is 1. The van der Waals surface area contributed by atoms with Crippen molar-refractivity contribution in [3.63, 3.8) is 0 Å². The van der Waals surface area contributed by atoms with Crippen LogP contribution in [0.4, 0.5) is 0 Å². The quantitative estimate of drug-likeness (QED) is 0.858. The number of carboxylic acid groups (broad SMARTS) is 1.